The summed E-state index contributed by atoms with van der Waals surface area (Å²) in [4.78, 5) is 25.6. The number of carboxylic acid groups (broad SMARTS) is 1. The molecule has 1 saturated heterocycles. The molecule has 2 fully saturated rings. The van der Waals surface area contributed by atoms with E-state index in [9.17, 15) is 14.7 Å². The lowest BCUT2D eigenvalue weighted by atomic mass is 9.81. The summed E-state index contributed by atoms with van der Waals surface area (Å²) in [7, 11) is 1.81. The van der Waals surface area contributed by atoms with Crippen LogP contribution in [-0.2, 0) is 18.4 Å². The number of rotatable bonds is 3. The molecule has 1 aromatic heterocycles. The van der Waals surface area contributed by atoms with Crippen LogP contribution in [-0.4, -0.2) is 44.9 Å². The van der Waals surface area contributed by atoms with Crippen LogP contribution < -0.4 is 5.32 Å². The summed E-state index contributed by atoms with van der Waals surface area (Å²) in [5.41, 5.74) is 0.0197. The van der Waals surface area contributed by atoms with Gasteiger partial charge in [0.15, 0.2) is 0 Å². The minimum Gasteiger partial charge on any atom is -0.481 e. The SMILES string of the molecule is Cn1cc(Br)c(CNC(=O)N2C[C@@H]3CCC[C@@]3(C(=O)O)C2)n1. The summed E-state index contributed by atoms with van der Waals surface area (Å²) >= 11 is 3.39. The van der Waals surface area contributed by atoms with E-state index in [4.69, 9.17) is 0 Å². The molecule has 0 aromatic carbocycles. The number of urea groups is 1. The molecule has 2 amide bonds. The van der Waals surface area contributed by atoms with Crippen LogP contribution in [0.4, 0.5) is 4.79 Å². The van der Waals surface area contributed by atoms with Crippen LogP contribution in [0.3, 0.4) is 0 Å². The minimum atomic E-state index is -0.766. The number of carbonyl (C=O) groups is 2. The average molecular weight is 371 g/mol. The largest absolute Gasteiger partial charge is 0.481 e. The Hall–Kier alpha value is -1.57. The normalized spacial score (nSPS) is 27.0. The number of nitrogens with zero attached hydrogens (tertiary/aromatic N) is 3. The second kappa shape index (κ2) is 5.57. The molecule has 0 bridgehead atoms. The molecule has 8 heteroatoms. The van der Waals surface area contributed by atoms with Gasteiger partial charge in [0.05, 0.1) is 22.1 Å². The molecule has 2 atom stereocenters. The van der Waals surface area contributed by atoms with Gasteiger partial charge in [0.25, 0.3) is 0 Å². The van der Waals surface area contributed by atoms with Crippen molar-refractivity contribution in [2.75, 3.05) is 13.1 Å². The highest BCUT2D eigenvalue weighted by Gasteiger charge is 2.55. The van der Waals surface area contributed by atoms with Gasteiger partial charge in [-0.3, -0.25) is 9.48 Å². The maximum absolute atomic E-state index is 12.3. The van der Waals surface area contributed by atoms with Crippen molar-refractivity contribution < 1.29 is 14.7 Å². The van der Waals surface area contributed by atoms with Gasteiger partial charge in [-0.25, -0.2) is 4.79 Å². The van der Waals surface area contributed by atoms with Crippen LogP contribution >= 0.6 is 15.9 Å². The number of halogens is 1. The number of aliphatic carboxylic acids is 1. The van der Waals surface area contributed by atoms with Gasteiger partial charge in [0.2, 0.25) is 0 Å². The number of carboxylic acids is 1. The first-order valence-electron chi connectivity index (χ1n) is 7.36. The van der Waals surface area contributed by atoms with Crippen LogP contribution in [0.2, 0.25) is 0 Å². The molecule has 7 nitrogen and oxygen atoms in total. The van der Waals surface area contributed by atoms with E-state index >= 15 is 0 Å². The Labute approximate surface area is 136 Å². The summed E-state index contributed by atoms with van der Waals surface area (Å²) in [6, 6.07) is -0.215. The predicted octanol–water partition coefficient (Wildman–Crippen LogP) is 1.58. The number of fused-ring (bicyclic) bond motifs is 1. The van der Waals surface area contributed by atoms with Gasteiger partial charge in [0, 0.05) is 26.3 Å². The molecule has 2 aliphatic rings. The lowest BCUT2D eigenvalue weighted by molar-refractivity contribution is -0.149. The molecule has 1 aromatic rings. The fraction of sp³-hybridized carbons (Fsp3) is 0.643. The Morgan fingerprint density at radius 2 is 2.36 bits per heavy atom. The summed E-state index contributed by atoms with van der Waals surface area (Å²) in [6.45, 7) is 1.16. The third-order valence-electron chi connectivity index (χ3n) is 4.85. The quantitative estimate of drug-likeness (QED) is 0.845. The first-order valence-corrected chi connectivity index (χ1v) is 8.16. The van der Waals surface area contributed by atoms with Crippen LogP contribution in [0, 0.1) is 11.3 Å². The molecule has 0 radical (unpaired) electrons. The van der Waals surface area contributed by atoms with Gasteiger partial charge in [-0.2, -0.15) is 5.10 Å². The smallest absolute Gasteiger partial charge is 0.317 e. The fourth-order valence-corrected chi connectivity index (χ4v) is 4.21. The maximum atomic E-state index is 12.3. The molecule has 2 N–H and O–H groups in total. The zero-order valence-electron chi connectivity index (χ0n) is 12.4. The topological polar surface area (TPSA) is 87.5 Å². The van der Waals surface area contributed by atoms with Gasteiger partial charge in [-0.15, -0.1) is 0 Å². The molecule has 0 unspecified atom stereocenters. The Morgan fingerprint density at radius 3 is 2.95 bits per heavy atom. The third-order valence-corrected chi connectivity index (χ3v) is 5.51. The second-order valence-corrected chi connectivity index (χ2v) is 7.04. The van der Waals surface area contributed by atoms with E-state index in [2.05, 4.69) is 26.3 Å². The number of nitrogens with one attached hydrogen (secondary N) is 1. The molecule has 1 aliphatic heterocycles. The number of carbonyl (C=O) groups excluding carboxylic acids is 1. The second-order valence-electron chi connectivity index (χ2n) is 6.19. The first kappa shape index (κ1) is 15.3. The average Bonchev–Trinajstić information content (AvgIpc) is 3.08. The number of likely N-dealkylation sites (tertiary alicyclic amines) is 1. The summed E-state index contributed by atoms with van der Waals surface area (Å²) in [5, 5.41) is 16.6. The molecule has 2 heterocycles. The molecular formula is C14H19BrN4O3. The minimum absolute atomic E-state index is 0.0809. The van der Waals surface area contributed by atoms with Crippen molar-refractivity contribution in [3.8, 4) is 0 Å². The Morgan fingerprint density at radius 1 is 1.59 bits per heavy atom. The lowest BCUT2D eigenvalue weighted by Crippen LogP contribution is -2.41. The van der Waals surface area contributed by atoms with Crippen molar-refractivity contribution in [2.45, 2.75) is 25.8 Å². The van der Waals surface area contributed by atoms with Crippen molar-refractivity contribution in [3.63, 3.8) is 0 Å². The van der Waals surface area contributed by atoms with Crippen molar-refractivity contribution in [1.29, 1.82) is 0 Å². The van der Waals surface area contributed by atoms with E-state index in [0.717, 1.165) is 23.0 Å². The molecule has 0 spiro atoms. The van der Waals surface area contributed by atoms with Gasteiger partial charge in [-0.1, -0.05) is 6.42 Å². The van der Waals surface area contributed by atoms with E-state index < -0.39 is 11.4 Å². The zero-order valence-corrected chi connectivity index (χ0v) is 14.0. The summed E-state index contributed by atoms with van der Waals surface area (Å²) in [6.07, 6.45) is 4.32. The molecule has 1 saturated carbocycles. The Balaban J connectivity index is 1.62. The number of aromatic nitrogens is 2. The summed E-state index contributed by atoms with van der Waals surface area (Å²) in [5.74, 6) is -0.685. The van der Waals surface area contributed by atoms with E-state index in [1.54, 1.807) is 9.58 Å². The van der Waals surface area contributed by atoms with Crippen LogP contribution in [0.1, 0.15) is 25.0 Å². The highest BCUT2D eigenvalue weighted by molar-refractivity contribution is 9.10. The van der Waals surface area contributed by atoms with Gasteiger partial charge in [0.1, 0.15) is 0 Å². The van der Waals surface area contributed by atoms with Crippen molar-refractivity contribution >= 4 is 27.9 Å². The van der Waals surface area contributed by atoms with Crippen molar-refractivity contribution in [3.05, 3.63) is 16.4 Å². The third kappa shape index (κ3) is 2.49. The highest BCUT2D eigenvalue weighted by atomic mass is 79.9. The Kier molecular flexibility index (Phi) is 3.88. The monoisotopic (exact) mass is 370 g/mol. The first-order chi connectivity index (χ1) is 10.4. The van der Waals surface area contributed by atoms with E-state index in [1.807, 2.05) is 13.2 Å². The Bertz CT molecular complexity index is 617. The van der Waals surface area contributed by atoms with E-state index in [-0.39, 0.29) is 11.9 Å². The van der Waals surface area contributed by atoms with Gasteiger partial charge in [-0.05, 0) is 34.7 Å². The predicted molar refractivity (Wildman–Crippen MR) is 82.1 cm³/mol. The van der Waals surface area contributed by atoms with E-state index in [1.165, 1.54) is 0 Å². The van der Waals surface area contributed by atoms with Gasteiger partial charge < -0.3 is 15.3 Å². The zero-order chi connectivity index (χ0) is 15.9. The highest BCUT2D eigenvalue weighted by Crippen LogP contribution is 2.48. The fourth-order valence-electron chi connectivity index (χ4n) is 3.69. The maximum Gasteiger partial charge on any atom is 0.317 e. The molecule has 1 aliphatic carbocycles. The summed E-state index contributed by atoms with van der Waals surface area (Å²) < 4.78 is 2.52. The number of hydrogen-bond acceptors (Lipinski definition) is 3. The van der Waals surface area contributed by atoms with Crippen LogP contribution in [0.5, 0.6) is 0 Å². The standard InChI is InChI=1S/C14H19BrN4O3/c1-18-7-10(15)11(17-18)5-16-13(22)19-6-9-3-2-4-14(9,8-19)12(20)21/h7,9H,2-6,8H2,1H3,(H,16,22)(H,20,21)/t9-,14+/m0/s1. The molecule has 3 rings (SSSR count). The number of aryl methyl sites for hydroxylation is 1. The van der Waals surface area contributed by atoms with E-state index in [0.29, 0.717) is 26.1 Å². The number of hydrogen-bond donors (Lipinski definition) is 2. The lowest BCUT2D eigenvalue weighted by Gasteiger charge is -2.23. The van der Waals surface area contributed by atoms with Crippen LogP contribution in [0.25, 0.3) is 0 Å². The van der Waals surface area contributed by atoms with Crippen molar-refractivity contribution in [1.82, 2.24) is 20.0 Å². The van der Waals surface area contributed by atoms with Crippen molar-refractivity contribution in [2.24, 2.45) is 18.4 Å². The molecule has 120 valence electrons. The molecule has 22 heavy (non-hydrogen) atoms. The number of amides is 2. The molecular weight excluding hydrogens is 352 g/mol. The van der Waals surface area contributed by atoms with Gasteiger partial charge >= 0.3 is 12.0 Å². The van der Waals surface area contributed by atoms with Crippen LogP contribution in [0.15, 0.2) is 10.7 Å².